The van der Waals surface area contributed by atoms with E-state index in [2.05, 4.69) is 26.3 Å². The maximum atomic E-state index is 14.4. The topological polar surface area (TPSA) is 185 Å². The number of likely N-dealkylation sites (N-methyl/N-ethyl adjacent to an activating group) is 1. The Labute approximate surface area is 286 Å². The highest BCUT2D eigenvalue weighted by Crippen LogP contribution is 2.29. The van der Waals surface area contributed by atoms with Crippen LogP contribution in [-0.2, 0) is 4.74 Å². The first-order valence-corrected chi connectivity index (χ1v) is 16.6. The van der Waals surface area contributed by atoms with Crippen molar-refractivity contribution in [2.24, 2.45) is 5.92 Å². The normalized spacial score (nSPS) is 19.7. The fraction of sp³-hybridized carbons (Fsp3) is 0.559. The predicted molar refractivity (Wildman–Crippen MR) is 183 cm³/mol. The standard InChI is InChI=1S/C34H49N7O8/c1-19-16-41(20(2)18-42)32(43)27-15-26(35-33(44)36-30-22(4)38-48-24(30)6)12-13-28(27)47-21(3)11-9-10-14-46-29(19)17-40(8)34(45)37-31-23(5)39-49-25(31)7/h12-13,15,19-21,29,42H,9-11,14,16-18H2,1-8H3,(H,37,45)(H2,35,36,44)/t19-,20-,21-,29-/m1/s1. The molecular formula is C34H49N7O8. The third kappa shape index (κ3) is 9.50. The summed E-state index contributed by atoms with van der Waals surface area (Å²) in [6.45, 7) is 13.2. The Bertz CT molecular complexity index is 1570. The van der Waals surface area contributed by atoms with Crippen LogP contribution in [0.1, 0.15) is 73.3 Å². The zero-order valence-corrected chi connectivity index (χ0v) is 29.6. The first-order valence-electron chi connectivity index (χ1n) is 16.6. The van der Waals surface area contributed by atoms with Crippen molar-refractivity contribution in [3.8, 4) is 5.75 Å². The molecule has 4 rings (SSSR count). The summed E-state index contributed by atoms with van der Waals surface area (Å²) in [6, 6.07) is 3.48. The molecular weight excluding hydrogens is 634 g/mol. The van der Waals surface area contributed by atoms with Crippen LogP contribution < -0.4 is 20.7 Å². The molecule has 49 heavy (non-hydrogen) atoms. The van der Waals surface area contributed by atoms with E-state index in [-0.39, 0.29) is 49.2 Å². The number of ether oxygens (including phenoxy) is 2. The van der Waals surface area contributed by atoms with Crippen molar-refractivity contribution in [3.63, 3.8) is 0 Å². The number of amides is 5. The van der Waals surface area contributed by atoms with Gasteiger partial charge in [0.15, 0.2) is 11.5 Å². The summed E-state index contributed by atoms with van der Waals surface area (Å²) in [5, 5.41) is 26.4. The molecule has 15 nitrogen and oxygen atoms in total. The number of aliphatic hydroxyl groups is 1. The smallest absolute Gasteiger partial charge is 0.323 e. The summed E-state index contributed by atoms with van der Waals surface area (Å²) in [7, 11) is 1.68. The number of hydrogen-bond donors (Lipinski definition) is 4. The molecule has 0 saturated carbocycles. The van der Waals surface area contributed by atoms with Crippen LogP contribution in [0.4, 0.5) is 26.7 Å². The van der Waals surface area contributed by atoms with Crippen molar-refractivity contribution in [3.05, 3.63) is 46.7 Å². The van der Waals surface area contributed by atoms with Crippen molar-refractivity contribution >= 4 is 35.0 Å². The van der Waals surface area contributed by atoms with E-state index in [9.17, 15) is 19.5 Å². The molecule has 0 unspecified atom stereocenters. The number of benzene rings is 1. The van der Waals surface area contributed by atoms with Gasteiger partial charge < -0.3 is 49.4 Å². The third-order valence-corrected chi connectivity index (χ3v) is 8.65. The van der Waals surface area contributed by atoms with Crippen molar-refractivity contribution < 1.29 is 38.0 Å². The number of rotatable bonds is 7. The lowest BCUT2D eigenvalue weighted by molar-refractivity contribution is -0.0115. The molecule has 1 aliphatic heterocycles. The number of aliphatic hydroxyl groups excluding tert-OH is 1. The van der Waals surface area contributed by atoms with Crippen LogP contribution in [0.3, 0.4) is 0 Å². The molecule has 1 aliphatic rings. The molecule has 4 N–H and O–H groups in total. The highest BCUT2D eigenvalue weighted by atomic mass is 16.5. The van der Waals surface area contributed by atoms with E-state index in [0.717, 1.165) is 12.8 Å². The molecule has 0 radical (unpaired) electrons. The largest absolute Gasteiger partial charge is 0.490 e. The Hall–Kier alpha value is -4.63. The molecule has 2 aromatic heterocycles. The number of urea groups is 2. The fourth-order valence-corrected chi connectivity index (χ4v) is 5.62. The second-order valence-corrected chi connectivity index (χ2v) is 12.8. The summed E-state index contributed by atoms with van der Waals surface area (Å²) in [5.41, 5.74) is 2.70. The molecule has 3 heterocycles. The minimum Gasteiger partial charge on any atom is -0.490 e. The Balaban J connectivity index is 1.59. The molecule has 0 spiro atoms. The van der Waals surface area contributed by atoms with E-state index in [0.29, 0.717) is 58.7 Å². The lowest BCUT2D eigenvalue weighted by Crippen LogP contribution is -2.48. The van der Waals surface area contributed by atoms with E-state index in [1.165, 1.54) is 4.90 Å². The fourth-order valence-electron chi connectivity index (χ4n) is 5.62. The van der Waals surface area contributed by atoms with E-state index in [1.807, 2.05) is 13.8 Å². The van der Waals surface area contributed by atoms with Crippen LogP contribution in [-0.4, -0.2) is 94.8 Å². The number of aromatic nitrogens is 2. The van der Waals surface area contributed by atoms with Gasteiger partial charge in [-0.3, -0.25) is 4.79 Å². The lowest BCUT2D eigenvalue weighted by atomic mass is 10.0. The highest BCUT2D eigenvalue weighted by molar-refractivity contribution is 6.03. The first kappa shape index (κ1) is 37.2. The summed E-state index contributed by atoms with van der Waals surface area (Å²) < 4.78 is 23.0. The van der Waals surface area contributed by atoms with Crippen LogP contribution in [0.15, 0.2) is 27.2 Å². The number of hydrogen-bond acceptors (Lipinski definition) is 10. The number of anilines is 3. The Morgan fingerprint density at radius 3 is 2.29 bits per heavy atom. The van der Waals surface area contributed by atoms with Gasteiger partial charge in [-0.05, 0) is 79.0 Å². The quantitative estimate of drug-likeness (QED) is 0.248. The molecule has 0 bridgehead atoms. The Morgan fingerprint density at radius 2 is 1.67 bits per heavy atom. The van der Waals surface area contributed by atoms with Crippen molar-refractivity contribution in [2.45, 2.75) is 86.0 Å². The van der Waals surface area contributed by atoms with Gasteiger partial charge in [-0.25, -0.2) is 9.59 Å². The second-order valence-electron chi connectivity index (χ2n) is 12.8. The Kier molecular flexibility index (Phi) is 12.6. The van der Waals surface area contributed by atoms with Crippen LogP contribution in [0.25, 0.3) is 0 Å². The van der Waals surface area contributed by atoms with Crippen LogP contribution in [0.5, 0.6) is 5.75 Å². The Morgan fingerprint density at radius 1 is 1.02 bits per heavy atom. The summed E-state index contributed by atoms with van der Waals surface area (Å²) >= 11 is 0. The first-order chi connectivity index (χ1) is 23.3. The van der Waals surface area contributed by atoms with E-state index < -0.39 is 18.2 Å². The zero-order valence-electron chi connectivity index (χ0n) is 29.6. The van der Waals surface area contributed by atoms with Crippen molar-refractivity contribution in [1.82, 2.24) is 20.1 Å². The van der Waals surface area contributed by atoms with Crippen LogP contribution >= 0.6 is 0 Å². The molecule has 5 amide bonds. The minimum atomic E-state index is -0.561. The summed E-state index contributed by atoms with van der Waals surface area (Å²) in [5.74, 6) is 0.711. The second kappa shape index (κ2) is 16.7. The summed E-state index contributed by atoms with van der Waals surface area (Å²) in [6.07, 6.45) is 1.67. The SMILES string of the molecule is Cc1noc(C)c1NC(=O)Nc1ccc2c(c1)C(=O)N([C@H](C)CO)C[C@@H](C)[C@@H](CN(C)C(=O)Nc1c(C)noc1C)OCCCC[C@@H](C)O2. The maximum Gasteiger partial charge on any atom is 0.323 e. The van der Waals surface area contributed by atoms with Crippen LogP contribution in [0.2, 0.25) is 0 Å². The predicted octanol–water partition coefficient (Wildman–Crippen LogP) is 5.50. The van der Waals surface area contributed by atoms with Gasteiger partial charge in [-0.15, -0.1) is 0 Å². The number of nitrogens with one attached hydrogen (secondary N) is 3. The molecule has 1 aromatic carbocycles. The van der Waals surface area contributed by atoms with Gasteiger partial charge in [-0.2, -0.15) is 0 Å². The number of carbonyl (C=O) groups is 3. The van der Waals surface area contributed by atoms with Gasteiger partial charge >= 0.3 is 12.1 Å². The van der Waals surface area contributed by atoms with Crippen molar-refractivity contribution in [1.29, 1.82) is 0 Å². The number of fused-ring (bicyclic) bond motifs is 1. The average molecular weight is 684 g/mol. The number of nitrogens with zero attached hydrogens (tertiary/aromatic N) is 4. The van der Waals surface area contributed by atoms with Gasteiger partial charge in [0.2, 0.25) is 0 Å². The van der Waals surface area contributed by atoms with Gasteiger partial charge in [-0.1, -0.05) is 17.2 Å². The zero-order chi connectivity index (χ0) is 35.8. The monoisotopic (exact) mass is 683 g/mol. The molecule has 3 aromatic rings. The molecule has 15 heteroatoms. The molecule has 0 aliphatic carbocycles. The van der Waals surface area contributed by atoms with E-state index in [4.69, 9.17) is 18.5 Å². The van der Waals surface area contributed by atoms with Crippen LogP contribution in [0, 0.1) is 33.6 Å². The van der Waals surface area contributed by atoms with E-state index >= 15 is 0 Å². The molecule has 0 fully saturated rings. The molecule has 268 valence electrons. The maximum absolute atomic E-state index is 14.4. The average Bonchev–Trinajstić information content (AvgIpc) is 3.56. The van der Waals surface area contributed by atoms with Gasteiger partial charge in [0.05, 0.1) is 30.4 Å². The lowest BCUT2D eigenvalue weighted by Gasteiger charge is -2.35. The minimum absolute atomic E-state index is 0.212. The highest BCUT2D eigenvalue weighted by Gasteiger charge is 2.31. The van der Waals surface area contributed by atoms with E-state index in [1.54, 1.807) is 64.8 Å². The van der Waals surface area contributed by atoms with Gasteiger partial charge in [0, 0.05) is 38.3 Å². The van der Waals surface area contributed by atoms with Gasteiger partial charge in [0.1, 0.15) is 28.5 Å². The number of carbonyl (C=O) groups excluding carboxylic acids is 3. The van der Waals surface area contributed by atoms with Gasteiger partial charge in [0.25, 0.3) is 5.91 Å². The third-order valence-electron chi connectivity index (χ3n) is 8.65. The van der Waals surface area contributed by atoms with Crippen molar-refractivity contribution in [2.75, 3.05) is 49.3 Å². The summed E-state index contributed by atoms with van der Waals surface area (Å²) in [4.78, 5) is 43.6. The molecule has 4 atom stereocenters. The number of aryl methyl sites for hydroxylation is 4. The molecule has 0 saturated heterocycles.